The van der Waals surface area contributed by atoms with Gasteiger partial charge in [0.1, 0.15) is 5.60 Å². The quantitative estimate of drug-likeness (QED) is 0.426. The number of carbonyl (C=O) groups is 1. The van der Waals surface area contributed by atoms with E-state index in [0.29, 0.717) is 25.2 Å². The summed E-state index contributed by atoms with van der Waals surface area (Å²) in [6, 6.07) is 0. The SMILES string of the molecule is CC(C)(C)OC(=O)OC(CCC12CCC(CC1)C2)(C(F)(F)F)C(F)(F)F. The first-order valence-electron chi connectivity index (χ1n) is 8.65. The van der Waals surface area contributed by atoms with E-state index in [0.717, 1.165) is 12.8 Å². The summed E-state index contributed by atoms with van der Waals surface area (Å²) in [4.78, 5) is 11.7. The van der Waals surface area contributed by atoms with Crippen LogP contribution in [0.3, 0.4) is 0 Å². The lowest BCUT2D eigenvalue weighted by Crippen LogP contribution is -2.60. The zero-order chi connectivity index (χ0) is 20.0. The zero-order valence-electron chi connectivity index (χ0n) is 15.0. The Bertz CT molecular complexity index is 510. The van der Waals surface area contributed by atoms with Crippen LogP contribution >= 0.6 is 0 Å². The molecule has 2 bridgehead atoms. The molecule has 0 atom stereocenters. The summed E-state index contributed by atoms with van der Waals surface area (Å²) in [5.74, 6) is 0.382. The van der Waals surface area contributed by atoms with Gasteiger partial charge in [0.2, 0.25) is 0 Å². The van der Waals surface area contributed by atoms with Crippen molar-refractivity contribution in [3.8, 4) is 0 Å². The van der Waals surface area contributed by atoms with E-state index in [1.54, 1.807) is 0 Å². The normalized spacial score (nSPS) is 26.9. The molecule has 2 fully saturated rings. The van der Waals surface area contributed by atoms with Crippen molar-refractivity contribution < 1.29 is 40.6 Å². The van der Waals surface area contributed by atoms with Gasteiger partial charge in [-0.15, -0.1) is 0 Å². The first-order chi connectivity index (χ1) is 11.6. The van der Waals surface area contributed by atoms with Gasteiger partial charge in [0.05, 0.1) is 0 Å². The maximum absolute atomic E-state index is 13.5. The minimum atomic E-state index is -5.80. The average molecular weight is 390 g/mol. The Morgan fingerprint density at radius 1 is 0.962 bits per heavy atom. The predicted molar refractivity (Wildman–Crippen MR) is 80.4 cm³/mol. The first kappa shape index (κ1) is 21.2. The molecule has 2 rings (SSSR count). The standard InChI is InChI=1S/C17H24F6O3/c1-13(2,3)25-12(24)26-15(16(18,19)20,17(21,22)23)9-8-14-6-4-11(10-14)5-7-14/h11H,4-10H2,1-3H3. The van der Waals surface area contributed by atoms with Gasteiger partial charge >= 0.3 is 24.1 Å². The molecule has 0 N–H and O–H groups in total. The van der Waals surface area contributed by atoms with Crippen molar-refractivity contribution in [2.45, 2.75) is 89.3 Å². The summed E-state index contributed by atoms with van der Waals surface area (Å²) in [7, 11) is 0. The number of hydrogen-bond acceptors (Lipinski definition) is 3. The van der Waals surface area contributed by atoms with Gasteiger partial charge in [0.15, 0.2) is 0 Å². The number of halogens is 6. The van der Waals surface area contributed by atoms with Crippen LogP contribution < -0.4 is 0 Å². The molecule has 2 saturated carbocycles. The van der Waals surface area contributed by atoms with Crippen LogP contribution in [0.1, 0.15) is 65.7 Å². The molecule has 0 amide bonds. The van der Waals surface area contributed by atoms with Crippen molar-refractivity contribution in [1.82, 2.24) is 0 Å². The third-order valence-corrected chi connectivity index (χ3v) is 5.46. The Labute approximate surface area is 148 Å². The molecule has 0 unspecified atom stereocenters. The second-order valence-corrected chi connectivity index (χ2v) is 8.54. The van der Waals surface area contributed by atoms with E-state index in [-0.39, 0.29) is 6.42 Å². The molecule has 0 aliphatic heterocycles. The molecule has 0 saturated heterocycles. The molecule has 0 aromatic heterocycles. The van der Waals surface area contributed by atoms with Crippen molar-refractivity contribution in [2.75, 3.05) is 0 Å². The average Bonchev–Trinajstić information content (AvgIpc) is 2.99. The van der Waals surface area contributed by atoms with Crippen LogP contribution in [0.15, 0.2) is 0 Å². The Kier molecular flexibility index (Phi) is 5.27. The van der Waals surface area contributed by atoms with Gasteiger partial charge in [0.25, 0.3) is 0 Å². The molecular weight excluding hydrogens is 366 g/mol. The summed E-state index contributed by atoms with van der Waals surface area (Å²) in [5, 5.41) is 0. The maximum atomic E-state index is 13.5. The highest BCUT2D eigenvalue weighted by Crippen LogP contribution is 2.59. The van der Waals surface area contributed by atoms with Gasteiger partial charge in [-0.1, -0.05) is 0 Å². The van der Waals surface area contributed by atoms with Crippen LogP contribution in [0, 0.1) is 11.3 Å². The van der Waals surface area contributed by atoms with E-state index < -0.39 is 41.5 Å². The fourth-order valence-electron chi connectivity index (χ4n) is 4.13. The highest BCUT2D eigenvalue weighted by atomic mass is 19.4. The number of carbonyl (C=O) groups excluding carboxylic acids is 1. The Hall–Kier alpha value is -1.15. The van der Waals surface area contributed by atoms with E-state index >= 15 is 0 Å². The summed E-state index contributed by atoms with van der Waals surface area (Å²) in [5.41, 5.74) is -6.34. The molecule has 0 radical (unpaired) electrons. The molecule has 9 heteroatoms. The monoisotopic (exact) mass is 390 g/mol. The van der Waals surface area contributed by atoms with Gasteiger partial charge < -0.3 is 9.47 Å². The fourth-order valence-corrected chi connectivity index (χ4v) is 4.13. The molecule has 0 aromatic rings. The highest BCUT2D eigenvalue weighted by Gasteiger charge is 2.74. The number of ether oxygens (including phenoxy) is 2. The van der Waals surface area contributed by atoms with Gasteiger partial charge in [-0.05, 0) is 70.6 Å². The third kappa shape index (κ3) is 4.22. The molecule has 3 nitrogen and oxygen atoms in total. The van der Waals surface area contributed by atoms with Crippen molar-refractivity contribution in [2.24, 2.45) is 11.3 Å². The zero-order valence-corrected chi connectivity index (χ0v) is 15.0. The first-order valence-corrected chi connectivity index (χ1v) is 8.65. The minimum Gasteiger partial charge on any atom is -0.429 e. The Morgan fingerprint density at radius 2 is 1.46 bits per heavy atom. The van der Waals surface area contributed by atoms with Crippen LogP contribution in [-0.2, 0) is 9.47 Å². The minimum absolute atomic E-state index is 0.286. The van der Waals surface area contributed by atoms with Crippen LogP contribution in [0.4, 0.5) is 31.1 Å². The summed E-state index contributed by atoms with van der Waals surface area (Å²) >= 11 is 0. The molecule has 0 aromatic carbocycles. The largest absolute Gasteiger partial charge is 0.510 e. The number of rotatable bonds is 4. The number of alkyl halides is 6. The topological polar surface area (TPSA) is 35.5 Å². The van der Waals surface area contributed by atoms with Crippen molar-refractivity contribution in [3.05, 3.63) is 0 Å². The number of fused-ring (bicyclic) bond motifs is 2. The molecule has 26 heavy (non-hydrogen) atoms. The van der Waals surface area contributed by atoms with Crippen LogP contribution in [0.2, 0.25) is 0 Å². The molecule has 0 spiro atoms. The number of hydrogen-bond donors (Lipinski definition) is 0. The summed E-state index contributed by atoms with van der Waals surface area (Å²) in [6.45, 7) is 3.98. The van der Waals surface area contributed by atoms with E-state index in [1.807, 2.05) is 0 Å². The van der Waals surface area contributed by atoms with E-state index in [2.05, 4.69) is 9.47 Å². The maximum Gasteiger partial charge on any atom is 0.510 e. The lowest BCUT2D eigenvalue weighted by atomic mass is 9.77. The van der Waals surface area contributed by atoms with Gasteiger partial charge in [-0.2, -0.15) is 26.3 Å². The second kappa shape index (κ2) is 6.48. The van der Waals surface area contributed by atoms with Crippen LogP contribution in [0.25, 0.3) is 0 Å². The van der Waals surface area contributed by atoms with E-state index in [9.17, 15) is 31.1 Å². The molecule has 2 aliphatic rings. The second-order valence-electron chi connectivity index (χ2n) is 8.54. The predicted octanol–water partition coefficient (Wildman–Crippen LogP) is 6.16. The molecule has 2 aliphatic carbocycles. The lowest BCUT2D eigenvalue weighted by Gasteiger charge is -2.39. The van der Waals surface area contributed by atoms with Gasteiger partial charge in [-0.25, -0.2) is 4.79 Å². The Balaban J connectivity index is 2.26. The molecule has 152 valence electrons. The van der Waals surface area contributed by atoms with Gasteiger partial charge in [-0.3, -0.25) is 0 Å². The van der Waals surface area contributed by atoms with Crippen molar-refractivity contribution in [3.63, 3.8) is 0 Å². The van der Waals surface area contributed by atoms with E-state index in [1.165, 1.54) is 20.8 Å². The van der Waals surface area contributed by atoms with Gasteiger partial charge in [0, 0.05) is 6.42 Å². The van der Waals surface area contributed by atoms with Crippen LogP contribution in [-0.4, -0.2) is 29.7 Å². The fraction of sp³-hybridized carbons (Fsp3) is 0.941. The Morgan fingerprint density at radius 3 is 1.81 bits per heavy atom. The lowest BCUT2D eigenvalue weighted by molar-refractivity contribution is -0.372. The summed E-state index contributed by atoms with van der Waals surface area (Å²) in [6.07, 6.45) is -11.6. The van der Waals surface area contributed by atoms with E-state index in [4.69, 9.17) is 0 Å². The van der Waals surface area contributed by atoms with Crippen molar-refractivity contribution >= 4 is 6.16 Å². The smallest absolute Gasteiger partial charge is 0.429 e. The van der Waals surface area contributed by atoms with Crippen molar-refractivity contribution in [1.29, 1.82) is 0 Å². The van der Waals surface area contributed by atoms with Crippen LogP contribution in [0.5, 0.6) is 0 Å². The molecule has 0 heterocycles. The molecular formula is C17H24F6O3. The third-order valence-electron chi connectivity index (χ3n) is 5.46. The summed E-state index contributed by atoms with van der Waals surface area (Å²) < 4.78 is 89.7. The highest BCUT2D eigenvalue weighted by molar-refractivity contribution is 5.61.